The van der Waals surface area contributed by atoms with E-state index in [4.69, 9.17) is 10.8 Å². The number of aliphatic hydroxyl groups is 1. The van der Waals surface area contributed by atoms with Gasteiger partial charge in [-0.2, -0.15) is 0 Å². The van der Waals surface area contributed by atoms with Crippen LogP contribution in [0, 0.1) is 5.82 Å². The number of nitrogens with two attached hydrogens (primary N) is 1. The summed E-state index contributed by atoms with van der Waals surface area (Å²) in [7, 11) is 0. The largest absolute Gasteiger partial charge is 0.504 e. The summed E-state index contributed by atoms with van der Waals surface area (Å²) < 4.78 is 12.9. The standard InChI is InChI=1S/C8H9BrFNO3/c9-7-3(10)1-4(12)8(14)6(7)5(13)2-11/h1,5,12-14H,2,11H2. The molecule has 0 amide bonds. The van der Waals surface area contributed by atoms with Crippen molar-refractivity contribution >= 4 is 15.9 Å². The smallest absolute Gasteiger partial charge is 0.164 e. The lowest BCUT2D eigenvalue weighted by molar-refractivity contribution is 0.180. The molecule has 0 heterocycles. The monoisotopic (exact) mass is 265 g/mol. The van der Waals surface area contributed by atoms with Gasteiger partial charge in [0.2, 0.25) is 0 Å². The predicted octanol–water partition coefficient (Wildman–Crippen LogP) is 0.991. The quantitative estimate of drug-likeness (QED) is 0.601. The van der Waals surface area contributed by atoms with E-state index in [9.17, 15) is 14.6 Å². The Morgan fingerprint density at radius 3 is 2.57 bits per heavy atom. The lowest BCUT2D eigenvalue weighted by Gasteiger charge is -2.13. The third-order valence-electron chi connectivity index (χ3n) is 1.76. The summed E-state index contributed by atoms with van der Waals surface area (Å²) in [5.74, 6) is -1.98. The summed E-state index contributed by atoms with van der Waals surface area (Å²) in [5.41, 5.74) is 5.01. The second-order valence-corrected chi connectivity index (χ2v) is 3.50. The third-order valence-corrected chi connectivity index (χ3v) is 2.57. The highest BCUT2D eigenvalue weighted by atomic mass is 79.9. The number of hydrogen-bond acceptors (Lipinski definition) is 4. The van der Waals surface area contributed by atoms with Crippen LogP contribution in [0.25, 0.3) is 0 Å². The molecule has 1 atom stereocenters. The third kappa shape index (κ3) is 1.82. The van der Waals surface area contributed by atoms with Crippen LogP contribution in [-0.2, 0) is 0 Å². The maximum Gasteiger partial charge on any atom is 0.164 e. The van der Waals surface area contributed by atoms with E-state index >= 15 is 0 Å². The Kier molecular flexibility index (Phi) is 3.30. The van der Waals surface area contributed by atoms with Crippen molar-refractivity contribution in [2.45, 2.75) is 6.10 Å². The highest BCUT2D eigenvalue weighted by Gasteiger charge is 2.21. The number of aromatic hydroxyl groups is 2. The molecule has 0 spiro atoms. The fraction of sp³-hybridized carbons (Fsp3) is 0.250. The Bertz CT molecular complexity index is 333. The van der Waals surface area contributed by atoms with Gasteiger partial charge in [0.15, 0.2) is 11.5 Å². The van der Waals surface area contributed by atoms with Crippen LogP contribution in [0.2, 0.25) is 0 Å². The Morgan fingerprint density at radius 1 is 1.50 bits per heavy atom. The molecule has 0 bridgehead atoms. The van der Waals surface area contributed by atoms with E-state index in [1.165, 1.54) is 0 Å². The van der Waals surface area contributed by atoms with Crippen LogP contribution in [-0.4, -0.2) is 21.9 Å². The van der Waals surface area contributed by atoms with Gasteiger partial charge in [0, 0.05) is 18.2 Å². The lowest BCUT2D eigenvalue weighted by atomic mass is 10.1. The van der Waals surface area contributed by atoms with Crippen molar-refractivity contribution < 1.29 is 19.7 Å². The molecular weight excluding hydrogens is 257 g/mol. The van der Waals surface area contributed by atoms with E-state index in [-0.39, 0.29) is 16.6 Å². The number of rotatable bonds is 2. The van der Waals surface area contributed by atoms with Crippen molar-refractivity contribution in [3.05, 3.63) is 21.9 Å². The summed E-state index contributed by atoms with van der Waals surface area (Å²) in [6.07, 6.45) is -1.23. The average molecular weight is 266 g/mol. The molecule has 1 aromatic carbocycles. The zero-order valence-corrected chi connectivity index (χ0v) is 8.62. The second-order valence-electron chi connectivity index (χ2n) is 2.71. The minimum absolute atomic E-state index is 0.106. The second kappa shape index (κ2) is 4.12. The maximum atomic E-state index is 13.0. The van der Waals surface area contributed by atoms with Crippen molar-refractivity contribution in [1.82, 2.24) is 0 Å². The molecular formula is C8H9BrFNO3. The molecule has 78 valence electrons. The van der Waals surface area contributed by atoms with Gasteiger partial charge in [-0.05, 0) is 15.9 Å². The van der Waals surface area contributed by atoms with E-state index in [0.717, 1.165) is 6.07 Å². The Labute approximate surface area is 87.9 Å². The molecule has 0 aliphatic rings. The molecule has 1 unspecified atom stereocenters. The van der Waals surface area contributed by atoms with E-state index in [2.05, 4.69) is 15.9 Å². The summed E-state index contributed by atoms with van der Waals surface area (Å²) in [4.78, 5) is 0. The molecule has 0 aliphatic carbocycles. The van der Waals surface area contributed by atoms with Crippen molar-refractivity contribution in [3.8, 4) is 11.5 Å². The van der Waals surface area contributed by atoms with Crippen LogP contribution in [0.5, 0.6) is 11.5 Å². The van der Waals surface area contributed by atoms with Gasteiger partial charge in [-0.3, -0.25) is 0 Å². The first-order valence-corrected chi connectivity index (χ1v) is 4.56. The summed E-state index contributed by atoms with van der Waals surface area (Å²) >= 11 is 2.84. The molecule has 1 aromatic rings. The molecule has 1 rings (SSSR count). The molecule has 5 N–H and O–H groups in total. The number of halogens is 2. The van der Waals surface area contributed by atoms with Crippen LogP contribution in [0.1, 0.15) is 11.7 Å². The van der Waals surface area contributed by atoms with Crippen LogP contribution in [0.4, 0.5) is 4.39 Å². The zero-order valence-electron chi connectivity index (χ0n) is 7.04. The number of benzene rings is 1. The number of aliphatic hydroxyl groups excluding tert-OH is 1. The Balaban J connectivity index is 3.39. The van der Waals surface area contributed by atoms with Gasteiger partial charge in [-0.1, -0.05) is 0 Å². The summed E-state index contributed by atoms with van der Waals surface area (Å²) in [5, 5.41) is 27.8. The van der Waals surface area contributed by atoms with Gasteiger partial charge in [-0.25, -0.2) is 4.39 Å². The molecule has 0 saturated carbocycles. The summed E-state index contributed by atoms with van der Waals surface area (Å²) in [6, 6.07) is 0.742. The van der Waals surface area contributed by atoms with Gasteiger partial charge in [0.05, 0.1) is 10.6 Å². The van der Waals surface area contributed by atoms with Gasteiger partial charge >= 0.3 is 0 Å². The van der Waals surface area contributed by atoms with Gasteiger partial charge < -0.3 is 21.1 Å². The van der Waals surface area contributed by atoms with Crippen LogP contribution in [0.3, 0.4) is 0 Å². The first-order chi connectivity index (χ1) is 6.49. The highest BCUT2D eigenvalue weighted by Crippen LogP contribution is 2.39. The predicted molar refractivity (Wildman–Crippen MR) is 51.4 cm³/mol. The average Bonchev–Trinajstić information content (AvgIpc) is 2.15. The SMILES string of the molecule is NCC(O)c1c(O)c(O)cc(F)c1Br. The van der Waals surface area contributed by atoms with E-state index < -0.39 is 23.4 Å². The molecule has 0 radical (unpaired) electrons. The van der Waals surface area contributed by atoms with Crippen molar-refractivity contribution in [1.29, 1.82) is 0 Å². The van der Waals surface area contributed by atoms with E-state index in [1.54, 1.807) is 0 Å². The highest BCUT2D eigenvalue weighted by molar-refractivity contribution is 9.10. The van der Waals surface area contributed by atoms with E-state index in [0.29, 0.717) is 0 Å². The molecule has 0 saturated heterocycles. The number of hydrogen-bond donors (Lipinski definition) is 4. The maximum absolute atomic E-state index is 13.0. The van der Waals surface area contributed by atoms with Crippen molar-refractivity contribution in [2.24, 2.45) is 5.73 Å². The topological polar surface area (TPSA) is 86.7 Å². The normalized spacial score (nSPS) is 12.9. The van der Waals surface area contributed by atoms with Crippen molar-refractivity contribution in [2.75, 3.05) is 6.54 Å². The Hall–Kier alpha value is -0.850. The molecule has 6 heteroatoms. The molecule has 0 aliphatic heterocycles. The van der Waals surface area contributed by atoms with Crippen molar-refractivity contribution in [3.63, 3.8) is 0 Å². The van der Waals surface area contributed by atoms with E-state index in [1.807, 2.05) is 0 Å². The van der Waals surface area contributed by atoms with Gasteiger partial charge in [0.25, 0.3) is 0 Å². The first-order valence-electron chi connectivity index (χ1n) is 3.77. The molecule has 4 nitrogen and oxygen atoms in total. The lowest BCUT2D eigenvalue weighted by Crippen LogP contribution is -2.12. The molecule has 0 fully saturated rings. The molecule has 14 heavy (non-hydrogen) atoms. The number of phenols is 2. The summed E-state index contributed by atoms with van der Waals surface area (Å²) in [6.45, 7) is -0.185. The minimum atomic E-state index is -1.23. The van der Waals surface area contributed by atoms with Crippen LogP contribution in [0.15, 0.2) is 10.5 Å². The van der Waals surface area contributed by atoms with Crippen LogP contribution >= 0.6 is 15.9 Å². The first kappa shape index (κ1) is 11.2. The Morgan fingerprint density at radius 2 is 2.07 bits per heavy atom. The molecule has 0 aromatic heterocycles. The minimum Gasteiger partial charge on any atom is -0.504 e. The van der Waals surface area contributed by atoms with Crippen LogP contribution < -0.4 is 5.73 Å². The zero-order chi connectivity index (χ0) is 10.9. The van der Waals surface area contributed by atoms with Gasteiger partial charge in [-0.15, -0.1) is 0 Å². The number of phenolic OH excluding ortho intramolecular Hbond substituents is 2. The fourth-order valence-corrected chi connectivity index (χ4v) is 1.61. The van der Waals surface area contributed by atoms with Gasteiger partial charge in [0.1, 0.15) is 5.82 Å². The fourth-order valence-electron chi connectivity index (χ4n) is 1.04.